The van der Waals surface area contributed by atoms with E-state index < -0.39 is 19.8 Å². The molecule has 0 bridgehead atoms. The van der Waals surface area contributed by atoms with Gasteiger partial charge < -0.3 is 10.00 Å². The van der Waals surface area contributed by atoms with Crippen molar-refractivity contribution in [2.24, 2.45) is 0 Å². The summed E-state index contributed by atoms with van der Waals surface area (Å²) in [6.07, 6.45) is 4.57. The van der Waals surface area contributed by atoms with Crippen LogP contribution < -0.4 is 5.09 Å². The molecule has 7 nitrogen and oxygen atoms in total. The number of pyridine rings is 1. The molecule has 4 aromatic rings. The molecule has 0 amide bonds. The van der Waals surface area contributed by atoms with Gasteiger partial charge in [0.15, 0.2) is 0 Å². The summed E-state index contributed by atoms with van der Waals surface area (Å²) in [7, 11) is -4.08. The Balaban J connectivity index is 1.59. The van der Waals surface area contributed by atoms with Crippen molar-refractivity contribution in [3.8, 4) is 0 Å². The number of carboxylic acid groups (broad SMARTS) is 1. The first kappa shape index (κ1) is 27.7. The van der Waals surface area contributed by atoms with Crippen LogP contribution in [0.3, 0.4) is 0 Å². The van der Waals surface area contributed by atoms with Crippen molar-refractivity contribution in [3.63, 3.8) is 0 Å². The molecular weight excluding hydrogens is 523 g/mol. The number of nitrogens with one attached hydrogen (secondary N) is 1. The fraction of sp³-hybridized carbons (Fsp3) is 0.172. The Bertz CT molecular complexity index is 1520. The van der Waals surface area contributed by atoms with Crippen LogP contribution in [0, 0.1) is 0 Å². The molecular formula is C29H28ClN2O5P. The normalized spacial score (nSPS) is 14.0. The molecule has 0 radical (unpaired) electrons. The van der Waals surface area contributed by atoms with Crippen LogP contribution in [0.25, 0.3) is 23.1 Å². The SMILES string of the molecule is CCOP(=O)(O)NC(CCc1ccccc1C(=O)O)c1cccc(/C=C/c2ccc3ccc(Cl)cc3n2)c1. The van der Waals surface area contributed by atoms with Gasteiger partial charge in [-0.3, -0.25) is 4.52 Å². The molecule has 0 aliphatic heterocycles. The summed E-state index contributed by atoms with van der Waals surface area (Å²) in [4.78, 5) is 26.6. The van der Waals surface area contributed by atoms with Crippen molar-refractivity contribution in [2.45, 2.75) is 25.8 Å². The summed E-state index contributed by atoms with van der Waals surface area (Å²) < 4.78 is 17.7. The minimum Gasteiger partial charge on any atom is -0.478 e. The monoisotopic (exact) mass is 550 g/mol. The van der Waals surface area contributed by atoms with Crippen molar-refractivity contribution in [2.75, 3.05) is 6.61 Å². The van der Waals surface area contributed by atoms with Crippen molar-refractivity contribution in [3.05, 3.63) is 112 Å². The summed E-state index contributed by atoms with van der Waals surface area (Å²) in [6, 6.07) is 23.2. The summed E-state index contributed by atoms with van der Waals surface area (Å²) in [5.74, 6) is -1.01. The number of hydrogen-bond acceptors (Lipinski definition) is 4. The number of rotatable bonds is 11. The zero-order valence-electron chi connectivity index (χ0n) is 20.8. The van der Waals surface area contributed by atoms with Crippen molar-refractivity contribution < 1.29 is 23.9 Å². The van der Waals surface area contributed by atoms with Crippen molar-refractivity contribution in [1.29, 1.82) is 0 Å². The van der Waals surface area contributed by atoms with Crippen molar-refractivity contribution in [1.82, 2.24) is 10.1 Å². The van der Waals surface area contributed by atoms with Crippen LogP contribution in [0.4, 0.5) is 0 Å². The Kier molecular flexibility index (Phi) is 9.10. The molecule has 3 N–H and O–H groups in total. The van der Waals surface area contributed by atoms with E-state index >= 15 is 0 Å². The van der Waals surface area contributed by atoms with E-state index in [9.17, 15) is 19.4 Å². The third-order valence-electron chi connectivity index (χ3n) is 6.01. The highest BCUT2D eigenvalue weighted by Crippen LogP contribution is 2.41. The van der Waals surface area contributed by atoms with E-state index in [0.717, 1.165) is 27.7 Å². The zero-order chi connectivity index (χ0) is 27.1. The van der Waals surface area contributed by atoms with Crippen LogP contribution in [-0.4, -0.2) is 27.6 Å². The predicted molar refractivity (Wildman–Crippen MR) is 151 cm³/mol. The lowest BCUT2D eigenvalue weighted by Crippen LogP contribution is -2.21. The van der Waals surface area contributed by atoms with E-state index in [1.165, 1.54) is 0 Å². The van der Waals surface area contributed by atoms with Crippen LogP contribution in [-0.2, 0) is 15.5 Å². The van der Waals surface area contributed by atoms with Gasteiger partial charge >= 0.3 is 13.7 Å². The molecule has 0 aliphatic carbocycles. The smallest absolute Gasteiger partial charge is 0.403 e. The summed E-state index contributed by atoms with van der Waals surface area (Å²) in [5, 5.41) is 13.9. The second kappa shape index (κ2) is 12.5. The fourth-order valence-electron chi connectivity index (χ4n) is 4.22. The van der Waals surface area contributed by atoms with Crippen LogP contribution in [0.5, 0.6) is 0 Å². The number of carbonyl (C=O) groups is 1. The Labute approximate surface area is 226 Å². The molecule has 196 valence electrons. The minimum absolute atomic E-state index is 0.0715. The average molecular weight is 551 g/mol. The van der Waals surface area contributed by atoms with E-state index in [4.69, 9.17) is 16.1 Å². The zero-order valence-corrected chi connectivity index (χ0v) is 22.4. The van der Waals surface area contributed by atoms with Crippen LogP contribution >= 0.6 is 19.3 Å². The Morgan fingerprint density at radius 3 is 2.66 bits per heavy atom. The summed E-state index contributed by atoms with van der Waals surface area (Å²) in [5.41, 5.74) is 4.07. The van der Waals surface area contributed by atoms with E-state index in [0.29, 0.717) is 23.4 Å². The van der Waals surface area contributed by atoms with Gasteiger partial charge in [-0.15, -0.1) is 0 Å². The minimum atomic E-state index is -4.08. The van der Waals surface area contributed by atoms with Gasteiger partial charge in [0.25, 0.3) is 0 Å². The first-order chi connectivity index (χ1) is 18.2. The molecule has 0 spiro atoms. The Morgan fingerprint density at radius 2 is 1.87 bits per heavy atom. The molecule has 0 saturated carbocycles. The number of aromatic carboxylic acids is 1. The topological polar surface area (TPSA) is 109 Å². The van der Waals surface area contributed by atoms with Gasteiger partial charge in [0.05, 0.1) is 23.4 Å². The lowest BCUT2D eigenvalue weighted by atomic mass is 9.96. The van der Waals surface area contributed by atoms with E-state index in [1.54, 1.807) is 31.2 Å². The largest absolute Gasteiger partial charge is 0.478 e. The maximum atomic E-state index is 12.6. The van der Waals surface area contributed by atoms with Gasteiger partial charge in [0.1, 0.15) is 0 Å². The van der Waals surface area contributed by atoms with E-state index in [-0.39, 0.29) is 12.2 Å². The number of carboxylic acids is 1. The second-order valence-electron chi connectivity index (χ2n) is 8.70. The quantitative estimate of drug-likeness (QED) is 0.170. The number of aryl methyl sites for hydroxylation is 1. The predicted octanol–water partition coefficient (Wildman–Crippen LogP) is 7.16. The molecule has 0 aliphatic rings. The lowest BCUT2D eigenvalue weighted by molar-refractivity contribution is 0.0695. The highest BCUT2D eigenvalue weighted by Gasteiger charge is 2.25. The third kappa shape index (κ3) is 7.38. The summed E-state index contributed by atoms with van der Waals surface area (Å²) >= 11 is 6.11. The van der Waals surface area contributed by atoms with Gasteiger partial charge in [0, 0.05) is 16.5 Å². The molecule has 0 fully saturated rings. The number of fused-ring (bicyclic) bond motifs is 1. The van der Waals surface area contributed by atoms with Crippen molar-refractivity contribution >= 4 is 48.4 Å². The van der Waals surface area contributed by atoms with Gasteiger partial charge in [-0.1, -0.05) is 72.3 Å². The fourth-order valence-corrected chi connectivity index (χ4v) is 5.48. The Morgan fingerprint density at radius 1 is 1.08 bits per heavy atom. The average Bonchev–Trinajstić information content (AvgIpc) is 2.89. The second-order valence-corrected chi connectivity index (χ2v) is 10.7. The van der Waals surface area contributed by atoms with E-state index in [2.05, 4.69) is 10.1 Å². The number of halogens is 1. The highest BCUT2D eigenvalue weighted by molar-refractivity contribution is 7.50. The van der Waals surface area contributed by atoms with E-state index in [1.807, 2.05) is 66.7 Å². The third-order valence-corrected chi connectivity index (χ3v) is 7.49. The van der Waals surface area contributed by atoms with Crippen LogP contribution in [0.1, 0.15) is 52.1 Å². The standard InChI is InChI=1S/C29H28ClN2O5P/c1-2-37-38(35,36)32-27(17-13-21-7-3-4-9-26(21)29(33)34)23-8-5-6-20(18-23)10-15-25-16-12-22-11-14-24(30)19-28(22)31-25/h3-12,14-16,18-19,27H,2,13,17H2,1H3,(H,33,34)(H2,32,35,36)/b15-10+. The molecule has 1 aromatic heterocycles. The van der Waals surface area contributed by atoms with Gasteiger partial charge in [-0.25, -0.2) is 19.4 Å². The maximum Gasteiger partial charge on any atom is 0.403 e. The van der Waals surface area contributed by atoms with Gasteiger partial charge in [-0.2, -0.15) is 0 Å². The number of benzene rings is 3. The maximum absolute atomic E-state index is 12.6. The lowest BCUT2D eigenvalue weighted by Gasteiger charge is -2.23. The Hall–Kier alpha value is -3.32. The first-order valence-electron chi connectivity index (χ1n) is 12.1. The molecule has 3 aromatic carbocycles. The molecule has 0 saturated heterocycles. The van der Waals surface area contributed by atoms with Gasteiger partial charge in [-0.05, 0) is 66.8 Å². The van der Waals surface area contributed by atoms with Crippen LogP contribution in [0.2, 0.25) is 5.02 Å². The molecule has 1 heterocycles. The number of nitrogens with zero attached hydrogens (tertiary/aromatic N) is 1. The molecule has 4 rings (SSSR count). The van der Waals surface area contributed by atoms with Crippen LogP contribution in [0.15, 0.2) is 78.9 Å². The number of aromatic nitrogens is 1. The highest BCUT2D eigenvalue weighted by atomic mass is 35.5. The molecule has 9 heteroatoms. The summed E-state index contributed by atoms with van der Waals surface area (Å²) in [6.45, 7) is 1.71. The van der Waals surface area contributed by atoms with Gasteiger partial charge in [0.2, 0.25) is 0 Å². The molecule has 2 unspecified atom stereocenters. The first-order valence-corrected chi connectivity index (χ1v) is 14.1. The molecule has 2 atom stereocenters. The number of hydrogen-bond donors (Lipinski definition) is 3. The molecule has 38 heavy (non-hydrogen) atoms.